The van der Waals surface area contributed by atoms with E-state index < -0.39 is 5.63 Å². The fraction of sp³-hybridized carbons (Fsp3) is 0.105. The van der Waals surface area contributed by atoms with Crippen LogP contribution in [0.2, 0.25) is 0 Å². The summed E-state index contributed by atoms with van der Waals surface area (Å²) >= 11 is 0. The van der Waals surface area contributed by atoms with Crippen LogP contribution in [-0.4, -0.2) is 9.38 Å². The molecule has 124 valence electrons. The number of nitrogens with zero attached hydrogens (tertiary/aromatic N) is 2. The number of fused-ring (bicyclic) bond motifs is 2. The van der Waals surface area contributed by atoms with Gasteiger partial charge >= 0.3 is 5.63 Å². The Kier molecular flexibility index (Phi) is 3.57. The van der Waals surface area contributed by atoms with Crippen molar-refractivity contribution in [2.75, 3.05) is 0 Å². The van der Waals surface area contributed by atoms with E-state index in [9.17, 15) is 9.59 Å². The molecule has 0 aliphatic heterocycles. The third kappa shape index (κ3) is 2.89. The van der Waals surface area contributed by atoms with Gasteiger partial charge in [-0.05, 0) is 36.8 Å². The molecule has 0 radical (unpaired) electrons. The van der Waals surface area contributed by atoms with Gasteiger partial charge in [-0.25, -0.2) is 9.78 Å². The minimum Gasteiger partial charge on any atom is -0.487 e. The van der Waals surface area contributed by atoms with E-state index in [1.165, 1.54) is 16.5 Å². The Labute approximate surface area is 141 Å². The van der Waals surface area contributed by atoms with Crippen LogP contribution in [0.3, 0.4) is 0 Å². The van der Waals surface area contributed by atoms with Gasteiger partial charge in [0, 0.05) is 29.8 Å². The first-order chi connectivity index (χ1) is 12.1. The first-order valence-electron chi connectivity index (χ1n) is 7.75. The zero-order valence-electron chi connectivity index (χ0n) is 13.4. The second-order valence-corrected chi connectivity index (χ2v) is 5.71. The molecule has 0 atom stereocenters. The molecule has 4 aromatic rings. The van der Waals surface area contributed by atoms with Crippen molar-refractivity contribution in [2.24, 2.45) is 0 Å². The Bertz CT molecular complexity index is 1210. The highest BCUT2D eigenvalue weighted by molar-refractivity contribution is 5.81. The molecule has 0 amide bonds. The minimum absolute atomic E-state index is 0.141. The molecule has 6 nitrogen and oxygen atoms in total. The van der Waals surface area contributed by atoms with Gasteiger partial charge < -0.3 is 9.15 Å². The highest BCUT2D eigenvalue weighted by Gasteiger charge is 2.06. The molecule has 0 fully saturated rings. The maximum atomic E-state index is 12.1. The fourth-order valence-corrected chi connectivity index (χ4v) is 2.73. The van der Waals surface area contributed by atoms with Gasteiger partial charge in [-0.2, -0.15) is 0 Å². The largest absolute Gasteiger partial charge is 0.487 e. The summed E-state index contributed by atoms with van der Waals surface area (Å²) in [6, 6.07) is 13.6. The van der Waals surface area contributed by atoms with Crippen LogP contribution >= 0.6 is 0 Å². The van der Waals surface area contributed by atoms with Crippen molar-refractivity contribution in [1.82, 2.24) is 9.38 Å². The Hall–Kier alpha value is -3.41. The molecule has 0 spiro atoms. The summed E-state index contributed by atoms with van der Waals surface area (Å²) in [6.45, 7) is 1.99. The molecule has 0 bridgehead atoms. The maximum Gasteiger partial charge on any atom is 0.336 e. The zero-order valence-corrected chi connectivity index (χ0v) is 13.4. The second-order valence-electron chi connectivity index (χ2n) is 5.71. The monoisotopic (exact) mass is 334 g/mol. The van der Waals surface area contributed by atoms with Crippen LogP contribution in [0.25, 0.3) is 16.6 Å². The summed E-state index contributed by atoms with van der Waals surface area (Å²) in [5, 5.41) is 0.856. The van der Waals surface area contributed by atoms with E-state index in [1.807, 2.05) is 19.1 Å². The van der Waals surface area contributed by atoms with Crippen LogP contribution in [-0.2, 0) is 6.61 Å². The Balaban J connectivity index is 1.64. The molecular formula is C19H14N2O4. The average molecular weight is 334 g/mol. The van der Waals surface area contributed by atoms with E-state index in [-0.39, 0.29) is 12.2 Å². The van der Waals surface area contributed by atoms with Gasteiger partial charge in [-0.3, -0.25) is 9.20 Å². The topological polar surface area (TPSA) is 73.8 Å². The molecule has 25 heavy (non-hydrogen) atoms. The van der Waals surface area contributed by atoms with Crippen LogP contribution in [0.4, 0.5) is 0 Å². The van der Waals surface area contributed by atoms with E-state index in [0.29, 0.717) is 22.7 Å². The molecule has 6 heteroatoms. The molecule has 0 aliphatic rings. The van der Waals surface area contributed by atoms with Crippen molar-refractivity contribution < 1.29 is 9.15 Å². The lowest BCUT2D eigenvalue weighted by Crippen LogP contribution is -2.16. The summed E-state index contributed by atoms with van der Waals surface area (Å²) in [4.78, 5) is 28.0. The van der Waals surface area contributed by atoms with E-state index in [0.717, 1.165) is 10.9 Å². The number of hydrogen-bond acceptors (Lipinski definition) is 5. The van der Waals surface area contributed by atoms with Gasteiger partial charge in [0.15, 0.2) is 0 Å². The molecule has 0 saturated heterocycles. The number of aryl methyl sites for hydroxylation is 1. The van der Waals surface area contributed by atoms with Crippen LogP contribution in [0, 0.1) is 6.92 Å². The predicted octanol–water partition coefficient (Wildman–Crippen LogP) is 2.69. The van der Waals surface area contributed by atoms with E-state index >= 15 is 0 Å². The maximum absolute atomic E-state index is 12.1. The van der Waals surface area contributed by atoms with Gasteiger partial charge in [0.05, 0.1) is 5.69 Å². The minimum atomic E-state index is -0.397. The second kappa shape index (κ2) is 5.90. The van der Waals surface area contributed by atoms with Gasteiger partial charge in [-0.15, -0.1) is 0 Å². The van der Waals surface area contributed by atoms with Crippen molar-refractivity contribution in [2.45, 2.75) is 13.5 Å². The molecule has 0 aliphatic carbocycles. The van der Waals surface area contributed by atoms with Gasteiger partial charge in [0.2, 0.25) is 0 Å². The highest BCUT2D eigenvalue weighted by Crippen LogP contribution is 2.22. The van der Waals surface area contributed by atoms with Crippen molar-refractivity contribution in [1.29, 1.82) is 0 Å². The summed E-state index contributed by atoms with van der Waals surface area (Å²) in [5.74, 6) is 0.538. The first-order valence-corrected chi connectivity index (χ1v) is 7.75. The smallest absolute Gasteiger partial charge is 0.336 e. The number of aromatic nitrogens is 2. The quantitative estimate of drug-likeness (QED) is 0.539. The lowest BCUT2D eigenvalue weighted by molar-refractivity contribution is 0.301. The van der Waals surface area contributed by atoms with Crippen LogP contribution in [0.15, 0.2) is 68.7 Å². The van der Waals surface area contributed by atoms with E-state index in [2.05, 4.69) is 4.98 Å². The van der Waals surface area contributed by atoms with Gasteiger partial charge in [-0.1, -0.05) is 6.07 Å². The lowest BCUT2D eigenvalue weighted by atomic mass is 10.1. The van der Waals surface area contributed by atoms with Crippen molar-refractivity contribution in [3.8, 4) is 5.75 Å². The van der Waals surface area contributed by atoms with Gasteiger partial charge in [0.1, 0.15) is 23.6 Å². The standard InChI is InChI=1S/C19H14N2O4/c1-12-8-19(23)25-16-10-14(5-6-15(12)16)24-11-13-9-18(22)21-7-3-2-4-17(21)20-13/h2-10H,11H2,1H3. The summed E-state index contributed by atoms with van der Waals surface area (Å²) < 4.78 is 12.4. The van der Waals surface area contributed by atoms with E-state index in [1.54, 1.807) is 30.5 Å². The SMILES string of the molecule is Cc1cc(=O)oc2cc(OCc3cc(=O)n4ccccc4n3)ccc12. The van der Waals surface area contributed by atoms with Crippen LogP contribution < -0.4 is 15.9 Å². The summed E-state index contributed by atoms with van der Waals surface area (Å²) in [7, 11) is 0. The molecule has 3 aromatic heterocycles. The number of benzene rings is 1. The van der Waals surface area contributed by atoms with Gasteiger partial charge in [0.25, 0.3) is 5.56 Å². The first kappa shape index (κ1) is 15.1. The molecule has 4 rings (SSSR count). The number of ether oxygens (including phenoxy) is 1. The molecule has 3 heterocycles. The zero-order chi connectivity index (χ0) is 17.4. The number of pyridine rings is 1. The Morgan fingerprint density at radius 1 is 1.12 bits per heavy atom. The normalized spacial score (nSPS) is 11.1. The van der Waals surface area contributed by atoms with Crippen molar-refractivity contribution in [3.05, 3.63) is 86.8 Å². The third-order valence-electron chi connectivity index (χ3n) is 3.93. The van der Waals surface area contributed by atoms with E-state index in [4.69, 9.17) is 9.15 Å². The molecule has 1 aromatic carbocycles. The van der Waals surface area contributed by atoms with Crippen LogP contribution in [0.1, 0.15) is 11.3 Å². The molecule has 0 unspecified atom stereocenters. The fourth-order valence-electron chi connectivity index (χ4n) is 2.73. The summed E-state index contributed by atoms with van der Waals surface area (Å²) in [6.07, 6.45) is 1.67. The number of rotatable bonds is 3. The Morgan fingerprint density at radius 2 is 2.00 bits per heavy atom. The van der Waals surface area contributed by atoms with Crippen molar-refractivity contribution >= 4 is 16.6 Å². The lowest BCUT2D eigenvalue weighted by Gasteiger charge is -2.08. The summed E-state index contributed by atoms with van der Waals surface area (Å²) in [5.41, 5.74) is 1.85. The number of hydrogen-bond donors (Lipinski definition) is 0. The Morgan fingerprint density at radius 3 is 2.88 bits per heavy atom. The van der Waals surface area contributed by atoms with Crippen LogP contribution in [0.5, 0.6) is 5.75 Å². The predicted molar refractivity (Wildman–Crippen MR) is 93.0 cm³/mol. The average Bonchev–Trinajstić information content (AvgIpc) is 2.59. The third-order valence-corrected chi connectivity index (χ3v) is 3.93. The van der Waals surface area contributed by atoms with Crippen molar-refractivity contribution in [3.63, 3.8) is 0 Å². The molecule has 0 N–H and O–H groups in total. The highest BCUT2D eigenvalue weighted by atomic mass is 16.5. The molecular weight excluding hydrogens is 320 g/mol. The molecule has 0 saturated carbocycles.